The maximum Gasteiger partial charge on any atom is 0.119 e. The lowest BCUT2D eigenvalue weighted by Gasteiger charge is -2.06. The van der Waals surface area contributed by atoms with E-state index >= 15 is 0 Å². The van der Waals surface area contributed by atoms with Crippen molar-refractivity contribution in [1.82, 2.24) is 0 Å². The highest BCUT2D eigenvalue weighted by atomic mass is 16.5. The van der Waals surface area contributed by atoms with E-state index in [-0.39, 0.29) is 0 Å². The van der Waals surface area contributed by atoms with E-state index in [9.17, 15) is 0 Å². The number of unbranched alkanes of at least 4 members (excludes halogenated alkanes) is 9. The number of nitrogens with zero attached hydrogens (tertiary/aromatic N) is 1. The SMILES string of the molecule is CCCCCCCCCCCCOc1ccc(N=Cc2ccc(N)cc2)cc1. The Hall–Kier alpha value is -2.29. The number of aliphatic imine (C=N–C) groups is 1. The van der Waals surface area contributed by atoms with Gasteiger partial charge in [0.25, 0.3) is 0 Å². The van der Waals surface area contributed by atoms with Crippen LogP contribution in [0.5, 0.6) is 5.75 Å². The molecule has 28 heavy (non-hydrogen) atoms. The number of nitrogens with two attached hydrogens (primary N) is 1. The van der Waals surface area contributed by atoms with Crippen LogP contribution < -0.4 is 10.5 Å². The molecule has 2 aromatic rings. The summed E-state index contributed by atoms with van der Waals surface area (Å²) >= 11 is 0. The van der Waals surface area contributed by atoms with Crippen molar-refractivity contribution in [1.29, 1.82) is 0 Å². The Kier molecular flexibility index (Phi) is 10.9. The first-order valence-electron chi connectivity index (χ1n) is 10.9. The fourth-order valence-electron chi connectivity index (χ4n) is 3.14. The van der Waals surface area contributed by atoms with E-state index in [0.29, 0.717) is 0 Å². The first-order valence-corrected chi connectivity index (χ1v) is 10.9. The predicted molar refractivity (Wildman–Crippen MR) is 122 cm³/mol. The molecule has 0 spiro atoms. The van der Waals surface area contributed by atoms with E-state index < -0.39 is 0 Å². The summed E-state index contributed by atoms with van der Waals surface area (Å²) in [5.74, 6) is 0.919. The Morgan fingerprint density at radius 3 is 1.93 bits per heavy atom. The molecule has 0 saturated heterocycles. The van der Waals surface area contributed by atoms with Crippen molar-refractivity contribution in [2.45, 2.75) is 71.1 Å². The van der Waals surface area contributed by atoms with Crippen LogP contribution in [-0.2, 0) is 0 Å². The second kappa shape index (κ2) is 13.8. The third-order valence-electron chi connectivity index (χ3n) is 4.90. The summed E-state index contributed by atoms with van der Waals surface area (Å²) in [4.78, 5) is 4.49. The van der Waals surface area contributed by atoms with Gasteiger partial charge >= 0.3 is 0 Å². The van der Waals surface area contributed by atoms with Crippen molar-refractivity contribution >= 4 is 17.6 Å². The van der Waals surface area contributed by atoms with Crippen LogP contribution in [0.15, 0.2) is 53.5 Å². The van der Waals surface area contributed by atoms with Crippen molar-refractivity contribution in [2.24, 2.45) is 4.99 Å². The van der Waals surface area contributed by atoms with Gasteiger partial charge in [-0.15, -0.1) is 0 Å². The highest BCUT2D eigenvalue weighted by Crippen LogP contribution is 2.19. The zero-order chi connectivity index (χ0) is 19.9. The van der Waals surface area contributed by atoms with Gasteiger partial charge in [-0.1, -0.05) is 76.8 Å². The van der Waals surface area contributed by atoms with E-state index in [1.165, 1.54) is 57.8 Å². The van der Waals surface area contributed by atoms with Gasteiger partial charge in [0, 0.05) is 11.9 Å². The lowest BCUT2D eigenvalue weighted by Crippen LogP contribution is -1.97. The first-order chi connectivity index (χ1) is 13.8. The largest absolute Gasteiger partial charge is 0.494 e. The third kappa shape index (κ3) is 9.59. The van der Waals surface area contributed by atoms with Crippen molar-refractivity contribution in [3.05, 3.63) is 54.1 Å². The fraction of sp³-hybridized carbons (Fsp3) is 0.480. The molecule has 0 radical (unpaired) electrons. The molecule has 0 aliphatic rings. The third-order valence-corrected chi connectivity index (χ3v) is 4.90. The van der Waals surface area contributed by atoms with Gasteiger partial charge in [-0.2, -0.15) is 0 Å². The van der Waals surface area contributed by atoms with Crippen LogP contribution >= 0.6 is 0 Å². The summed E-state index contributed by atoms with van der Waals surface area (Å²) in [5, 5.41) is 0. The van der Waals surface area contributed by atoms with Gasteiger partial charge < -0.3 is 10.5 Å². The number of rotatable bonds is 14. The molecule has 0 aliphatic carbocycles. The molecule has 0 aliphatic heterocycles. The van der Waals surface area contributed by atoms with Crippen molar-refractivity contribution in [3.8, 4) is 5.75 Å². The number of benzene rings is 2. The second-order valence-electron chi connectivity index (χ2n) is 7.45. The van der Waals surface area contributed by atoms with Crippen molar-refractivity contribution in [2.75, 3.05) is 12.3 Å². The van der Waals surface area contributed by atoms with Crippen LogP contribution in [0.25, 0.3) is 0 Å². The maximum atomic E-state index is 5.84. The first kappa shape index (κ1) is 22.0. The van der Waals surface area contributed by atoms with E-state index in [1.807, 2.05) is 54.7 Å². The molecular weight excluding hydrogens is 344 g/mol. The summed E-state index contributed by atoms with van der Waals surface area (Å²) < 4.78 is 5.84. The van der Waals surface area contributed by atoms with Gasteiger partial charge in [0.2, 0.25) is 0 Å². The molecule has 2 aromatic carbocycles. The second-order valence-corrected chi connectivity index (χ2v) is 7.45. The Bertz CT molecular complexity index is 662. The molecule has 152 valence electrons. The topological polar surface area (TPSA) is 47.6 Å². The van der Waals surface area contributed by atoms with Crippen LogP contribution in [0.3, 0.4) is 0 Å². The van der Waals surface area contributed by atoms with Crippen LogP contribution in [0.4, 0.5) is 11.4 Å². The molecule has 0 unspecified atom stereocenters. The number of nitrogen functional groups attached to an aromatic ring is 1. The Balaban J connectivity index is 1.54. The summed E-state index contributed by atoms with van der Waals surface area (Å²) in [6.07, 6.45) is 15.3. The molecule has 0 aromatic heterocycles. The Morgan fingerprint density at radius 2 is 1.32 bits per heavy atom. The molecule has 0 fully saturated rings. The molecule has 0 atom stereocenters. The van der Waals surface area contributed by atoms with Crippen LogP contribution in [0, 0.1) is 0 Å². The number of anilines is 1. The standard InChI is InChI=1S/C25H36N2O/c1-2-3-4-5-6-7-8-9-10-11-20-28-25-18-16-24(17-19-25)27-21-22-12-14-23(26)15-13-22/h12-19,21H,2-11,20,26H2,1H3. The Morgan fingerprint density at radius 1 is 0.750 bits per heavy atom. The highest BCUT2D eigenvalue weighted by molar-refractivity contribution is 5.82. The van der Waals surface area contributed by atoms with E-state index in [0.717, 1.165) is 35.7 Å². The maximum absolute atomic E-state index is 5.84. The fourth-order valence-corrected chi connectivity index (χ4v) is 3.14. The van der Waals surface area contributed by atoms with Crippen molar-refractivity contribution in [3.63, 3.8) is 0 Å². The number of hydrogen-bond acceptors (Lipinski definition) is 3. The molecule has 0 heterocycles. The molecule has 0 amide bonds. The molecule has 3 nitrogen and oxygen atoms in total. The molecule has 0 bridgehead atoms. The summed E-state index contributed by atoms with van der Waals surface area (Å²) in [5.41, 5.74) is 8.41. The summed E-state index contributed by atoms with van der Waals surface area (Å²) in [6, 6.07) is 15.6. The lowest BCUT2D eigenvalue weighted by atomic mass is 10.1. The quantitative estimate of drug-likeness (QED) is 0.212. The molecule has 0 saturated carbocycles. The molecule has 3 heteroatoms. The van der Waals surface area contributed by atoms with Gasteiger partial charge in [0.05, 0.1) is 12.3 Å². The average Bonchev–Trinajstić information content (AvgIpc) is 2.72. The normalized spacial score (nSPS) is 11.2. The monoisotopic (exact) mass is 380 g/mol. The minimum atomic E-state index is 0.765. The predicted octanol–water partition coefficient (Wildman–Crippen LogP) is 7.32. The summed E-state index contributed by atoms with van der Waals surface area (Å²) in [6.45, 7) is 3.07. The smallest absolute Gasteiger partial charge is 0.119 e. The van der Waals surface area contributed by atoms with Crippen molar-refractivity contribution < 1.29 is 4.74 Å². The van der Waals surface area contributed by atoms with Crippen LogP contribution in [-0.4, -0.2) is 12.8 Å². The molecule has 2 N–H and O–H groups in total. The minimum absolute atomic E-state index is 0.765. The molecular formula is C25H36N2O. The van der Waals surface area contributed by atoms with Gasteiger partial charge in [-0.3, -0.25) is 4.99 Å². The average molecular weight is 381 g/mol. The summed E-state index contributed by atoms with van der Waals surface area (Å²) in [7, 11) is 0. The van der Waals surface area contributed by atoms with Gasteiger partial charge in [-0.25, -0.2) is 0 Å². The number of ether oxygens (including phenoxy) is 1. The van der Waals surface area contributed by atoms with E-state index in [2.05, 4.69) is 11.9 Å². The van der Waals surface area contributed by atoms with Gasteiger partial charge in [-0.05, 0) is 48.4 Å². The lowest BCUT2D eigenvalue weighted by molar-refractivity contribution is 0.304. The van der Waals surface area contributed by atoms with Crippen LogP contribution in [0.1, 0.15) is 76.7 Å². The minimum Gasteiger partial charge on any atom is -0.494 e. The van der Waals surface area contributed by atoms with E-state index in [4.69, 9.17) is 10.5 Å². The Labute approximate surface area is 171 Å². The number of hydrogen-bond donors (Lipinski definition) is 1. The van der Waals surface area contributed by atoms with E-state index in [1.54, 1.807) is 0 Å². The van der Waals surface area contributed by atoms with Crippen LogP contribution in [0.2, 0.25) is 0 Å². The highest BCUT2D eigenvalue weighted by Gasteiger charge is 1.96. The molecule has 2 rings (SSSR count). The zero-order valence-corrected chi connectivity index (χ0v) is 17.4. The van der Waals surface area contributed by atoms with Gasteiger partial charge in [0.15, 0.2) is 0 Å². The zero-order valence-electron chi connectivity index (χ0n) is 17.4. The van der Waals surface area contributed by atoms with Gasteiger partial charge in [0.1, 0.15) is 5.75 Å².